The lowest BCUT2D eigenvalue weighted by Crippen LogP contribution is -2.20. The minimum atomic E-state index is -0.408. The van der Waals surface area contributed by atoms with Crippen LogP contribution in [-0.4, -0.2) is 24.0 Å². The van der Waals surface area contributed by atoms with Gasteiger partial charge in [-0.05, 0) is 48.0 Å². The highest BCUT2D eigenvalue weighted by Crippen LogP contribution is 2.41. The smallest absolute Gasteiger partial charge is 0.161 e. The molecule has 0 fully saturated rings. The molecule has 0 spiro atoms. The van der Waals surface area contributed by atoms with E-state index < -0.39 is 5.82 Å². The molecule has 2 aliphatic heterocycles. The van der Waals surface area contributed by atoms with Crippen LogP contribution in [0.5, 0.6) is 17.2 Å². The van der Waals surface area contributed by atoms with Crippen LogP contribution in [-0.2, 0) is 0 Å². The Labute approximate surface area is 167 Å². The van der Waals surface area contributed by atoms with Gasteiger partial charge in [0.2, 0.25) is 0 Å². The number of hydrogen-bond donors (Lipinski definition) is 1. The molecule has 0 saturated heterocycles. The maximum absolute atomic E-state index is 13.8. The molecule has 5 nitrogen and oxygen atoms in total. The number of hydrazone groups is 1. The maximum Gasteiger partial charge on any atom is 0.161 e. The van der Waals surface area contributed by atoms with E-state index in [2.05, 4.69) is 0 Å². The van der Waals surface area contributed by atoms with Gasteiger partial charge in [0, 0.05) is 12.0 Å². The average Bonchev–Trinajstić information content (AvgIpc) is 3.21. The van der Waals surface area contributed by atoms with Gasteiger partial charge in [0.25, 0.3) is 0 Å². The highest BCUT2D eigenvalue weighted by molar-refractivity contribution is 6.05. The van der Waals surface area contributed by atoms with Crippen LogP contribution in [0.4, 0.5) is 10.1 Å². The lowest BCUT2D eigenvalue weighted by Gasteiger charge is -2.25. The summed E-state index contributed by atoms with van der Waals surface area (Å²) in [4.78, 5) is 0. The normalized spacial score (nSPS) is 17.9. The summed E-state index contributed by atoms with van der Waals surface area (Å²) in [5, 5.41) is 16.9. The van der Waals surface area contributed by atoms with Crippen LogP contribution in [0.25, 0.3) is 0 Å². The van der Waals surface area contributed by atoms with Crippen molar-refractivity contribution >= 4 is 11.4 Å². The molecule has 1 N–H and O–H groups in total. The highest BCUT2D eigenvalue weighted by atomic mass is 19.1. The molecule has 3 aromatic carbocycles. The van der Waals surface area contributed by atoms with Gasteiger partial charge in [0.15, 0.2) is 11.5 Å². The zero-order valence-corrected chi connectivity index (χ0v) is 15.6. The van der Waals surface area contributed by atoms with Crippen molar-refractivity contribution in [2.24, 2.45) is 5.10 Å². The molecule has 0 aromatic heterocycles. The van der Waals surface area contributed by atoms with Gasteiger partial charge in [0.1, 0.15) is 24.8 Å². The van der Waals surface area contributed by atoms with E-state index in [-0.39, 0.29) is 11.8 Å². The molecule has 2 aliphatic rings. The first kappa shape index (κ1) is 17.6. The molecule has 1 atom stereocenters. The van der Waals surface area contributed by atoms with Gasteiger partial charge in [-0.2, -0.15) is 5.10 Å². The number of rotatable bonds is 3. The monoisotopic (exact) mass is 390 g/mol. The maximum atomic E-state index is 13.8. The highest BCUT2D eigenvalue weighted by Gasteiger charge is 2.32. The van der Waals surface area contributed by atoms with Crippen LogP contribution >= 0.6 is 0 Å². The Morgan fingerprint density at radius 2 is 1.72 bits per heavy atom. The van der Waals surface area contributed by atoms with E-state index in [1.54, 1.807) is 0 Å². The molecule has 5 rings (SSSR count). The zero-order chi connectivity index (χ0) is 19.8. The predicted molar refractivity (Wildman–Crippen MR) is 108 cm³/mol. The number of benzene rings is 3. The van der Waals surface area contributed by atoms with Crippen molar-refractivity contribution in [3.05, 3.63) is 83.7 Å². The predicted octanol–water partition coefficient (Wildman–Crippen LogP) is 4.66. The van der Waals surface area contributed by atoms with Crippen molar-refractivity contribution in [2.45, 2.75) is 12.5 Å². The molecule has 6 heteroatoms. The molecule has 0 saturated carbocycles. The van der Waals surface area contributed by atoms with Crippen LogP contribution in [0.2, 0.25) is 0 Å². The molecule has 0 radical (unpaired) electrons. The van der Waals surface area contributed by atoms with Gasteiger partial charge in [-0.25, -0.2) is 4.39 Å². The van der Waals surface area contributed by atoms with Crippen LogP contribution in [0.15, 0.2) is 71.8 Å². The van der Waals surface area contributed by atoms with Gasteiger partial charge < -0.3 is 14.6 Å². The summed E-state index contributed by atoms with van der Waals surface area (Å²) in [6.07, 6.45) is 0.519. The standard InChI is InChI=1S/C23H19FN2O3/c24-16-7-8-21(27)18(13-16)19-14-20(26(25-19)17-4-2-1-3-5-17)15-6-9-22-23(12-15)29-11-10-28-22/h1-9,12-13,20,27H,10-11,14H2. The minimum Gasteiger partial charge on any atom is -0.507 e. The summed E-state index contributed by atoms with van der Waals surface area (Å²) < 4.78 is 25.2. The SMILES string of the molecule is Oc1ccc(F)cc1C1=NN(c2ccccc2)C(c2ccc3c(c2)OCCO3)C1. The second-order valence-electron chi connectivity index (χ2n) is 7.01. The summed E-state index contributed by atoms with van der Waals surface area (Å²) in [7, 11) is 0. The number of nitrogens with zero attached hydrogens (tertiary/aromatic N) is 2. The van der Waals surface area contributed by atoms with Crippen LogP contribution < -0.4 is 14.5 Å². The molecule has 0 amide bonds. The van der Waals surface area contributed by atoms with E-state index in [1.807, 2.05) is 53.5 Å². The van der Waals surface area contributed by atoms with E-state index in [0.29, 0.717) is 36.7 Å². The molecule has 0 bridgehead atoms. The second kappa shape index (κ2) is 7.13. The summed E-state index contributed by atoms with van der Waals surface area (Å²) in [5.74, 6) is 1.05. The van der Waals surface area contributed by atoms with E-state index >= 15 is 0 Å². The van der Waals surface area contributed by atoms with Gasteiger partial charge in [-0.1, -0.05) is 24.3 Å². The van der Waals surface area contributed by atoms with Crippen LogP contribution in [0.3, 0.4) is 0 Å². The molecule has 146 valence electrons. The molecule has 1 unspecified atom stereocenters. The first-order valence-corrected chi connectivity index (χ1v) is 9.49. The van der Waals surface area contributed by atoms with E-state index in [4.69, 9.17) is 14.6 Å². The van der Waals surface area contributed by atoms with Crippen molar-refractivity contribution in [2.75, 3.05) is 18.2 Å². The van der Waals surface area contributed by atoms with Crippen molar-refractivity contribution < 1.29 is 19.0 Å². The summed E-state index contributed by atoms with van der Waals surface area (Å²) >= 11 is 0. The number of aromatic hydroxyl groups is 1. The van der Waals surface area contributed by atoms with Crippen molar-refractivity contribution in [1.29, 1.82) is 0 Å². The van der Waals surface area contributed by atoms with Crippen molar-refractivity contribution in [3.63, 3.8) is 0 Å². The molecule has 2 heterocycles. The molecule has 3 aromatic rings. The molecular formula is C23H19FN2O3. The third kappa shape index (κ3) is 3.27. The Hall–Kier alpha value is -3.54. The van der Waals surface area contributed by atoms with E-state index in [0.717, 1.165) is 17.0 Å². The first-order chi connectivity index (χ1) is 14.2. The Balaban J connectivity index is 1.57. The van der Waals surface area contributed by atoms with Crippen LogP contribution in [0.1, 0.15) is 23.6 Å². The fraction of sp³-hybridized carbons (Fsp3) is 0.174. The van der Waals surface area contributed by atoms with E-state index in [1.165, 1.54) is 18.2 Å². The number of phenolic OH excluding ortho intramolecular Hbond substituents is 1. The van der Waals surface area contributed by atoms with Gasteiger partial charge in [0.05, 0.1) is 17.4 Å². The molecule has 0 aliphatic carbocycles. The number of phenols is 1. The van der Waals surface area contributed by atoms with Gasteiger partial charge in [-0.3, -0.25) is 5.01 Å². The molecule has 29 heavy (non-hydrogen) atoms. The largest absolute Gasteiger partial charge is 0.507 e. The number of ether oxygens (including phenoxy) is 2. The fourth-order valence-electron chi connectivity index (χ4n) is 3.76. The summed E-state index contributed by atoms with van der Waals surface area (Å²) in [5.41, 5.74) is 2.96. The van der Waals surface area contributed by atoms with Gasteiger partial charge in [-0.15, -0.1) is 0 Å². The number of halogens is 1. The Kier molecular flexibility index (Phi) is 4.31. The topological polar surface area (TPSA) is 54.3 Å². The lowest BCUT2D eigenvalue weighted by atomic mass is 9.97. The lowest BCUT2D eigenvalue weighted by molar-refractivity contribution is 0.171. The Bertz CT molecular complexity index is 1080. The third-order valence-corrected chi connectivity index (χ3v) is 5.15. The summed E-state index contributed by atoms with van der Waals surface area (Å²) in [6, 6.07) is 19.5. The van der Waals surface area contributed by atoms with Gasteiger partial charge >= 0.3 is 0 Å². The Morgan fingerprint density at radius 3 is 2.55 bits per heavy atom. The van der Waals surface area contributed by atoms with Crippen molar-refractivity contribution in [3.8, 4) is 17.2 Å². The number of anilines is 1. The molecular weight excluding hydrogens is 371 g/mol. The fourth-order valence-corrected chi connectivity index (χ4v) is 3.76. The zero-order valence-electron chi connectivity index (χ0n) is 15.6. The quantitative estimate of drug-likeness (QED) is 0.707. The second-order valence-corrected chi connectivity index (χ2v) is 7.01. The van der Waals surface area contributed by atoms with Crippen LogP contribution in [0, 0.1) is 5.82 Å². The van der Waals surface area contributed by atoms with Crippen molar-refractivity contribution in [1.82, 2.24) is 0 Å². The minimum absolute atomic E-state index is 0.0148. The number of para-hydroxylation sites is 1. The number of hydrogen-bond acceptors (Lipinski definition) is 5. The average molecular weight is 390 g/mol. The third-order valence-electron chi connectivity index (χ3n) is 5.15. The Morgan fingerprint density at radius 1 is 0.931 bits per heavy atom. The number of fused-ring (bicyclic) bond motifs is 1. The first-order valence-electron chi connectivity index (χ1n) is 9.49. The van der Waals surface area contributed by atoms with E-state index in [9.17, 15) is 9.50 Å². The summed E-state index contributed by atoms with van der Waals surface area (Å²) in [6.45, 7) is 1.06.